The monoisotopic (exact) mass is 496 g/mol. The van der Waals surface area contributed by atoms with Crippen LogP contribution >= 0.6 is 0 Å². The predicted octanol–water partition coefficient (Wildman–Crippen LogP) is 8.35. The molecule has 0 atom stereocenters. The number of anilines is 4. The summed E-state index contributed by atoms with van der Waals surface area (Å²) in [6.07, 6.45) is 7.08. The van der Waals surface area contributed by atoms with E-state index in [1.165, 1.54) is 50.5 Å². The van der Waals surface area contributed by atoms with Gasteiger partial charge >= 0.3 is 6.18 Å². The van der Waals surface area contributed by atoms with Crippen molar-refractivity contribution < 1.29 is 17.9 Å². The van der Waals surface area contributed by atoms with Crippen LogP contribution in [0.1, 0.15) is 74.8 Å². The Morgan fingerprint density at radius 1 is 0.750 bits per heavy atom. The first-order chi connectivity index (χ1) is 17.4. The van der Waals surface area contributed by atoms with E-state index in [2.05, 4.69) is 32.7 Å². The van der Waals surface area contributed by atoms with Crippen LogP contribution in [0, 0.1) is 0 Å². The molecule has 2 saturated carbocycles. The summed E-state index contributed by atoms with van der Waals surface area (Å²) in [6, 6.07) is 15.0. The van der Waals surface area contributed by atoms with Gasteiger partial charge in [-0.25, -0.2) is 4.98 Å². The largest absolute Gasteiger partial charge is 0.490 e. The van der Waals surface area contributed by atoms with Gasteiger partial charge in [0.15, 0.2) is 0 Å². The number of rotatable bonds is 7. The minimum atomic E-state index is -4.59. The van der Waals surface area contributed by atoms with E-state index in [0.29, 0.717) is 17.4 Å². The van der Waals surface area contributed by atoms with Crippen LogP contribution in [0.4, 0.5) is 36.3 Å². The van der Waals surface area contributed by atoms with Crippen LogP contribution in [-0.2, 0) is 6.18 Å². The molecule has 0 amide bonds. The maximum absolute atomic E-state index is 13.7. The molecule has 2 N–H and O–H groups in total. The molecule has 36 heavy (non-hydrogen) atoms. The standard InChI is InChI=1S/C28H31F3N4O/c29-28(30,31)25-18-32-27(34-22-12-10-20(11-13-22)19-6-2-1-3-7-19)35-26(25)33-21-14-16-24(17-15-21)36-23-8-4-5-9-23/h10-19,23H,1-9H2,(H2,32,33,34,35). The van der Waals surface area contributed by atoms with Crippen LogP contribution in [0.15, 0.2) is 54.7 Å². The van der Waals surface area contributed by atoms with Gasteiger partial charge in [0.2, 0.25) is 5.95 Å². The van der Waals surface area contributed by atoms with Gasteiger partial charge in [-0.1, -0.05) is 31.4 Å². The molecule has 3 aromatic rings. The SMILES string of the molecule is FC(F)(F)c1cnc(Nc2ccc(C3CCCCC3)cc2)nc1Nc1ccc(OC2CCCC2)cc1. The molecule has 5 nitrogen and oxygen atoms in total. The molecule has 0 saturated heterocycles. The molecule has 1 aromatic heterocycles. The highest BCUT2D eigenvalue weighted by Crippen LogP contribution is 2.36. The van der Waals surface area contributed by atoms with Gasteiger partial charge in [-0.3, -0.25) is 0 Å². The van der Waals surface area contributed by atoms with Crippen molar-refractivity contribution in [3.63, 3.8) is 0 Å². The van der Waals surface area contributed by atoms with Gasteiger partial charge in [0.05, 0.1) is 6.10 Å². The van der Waals surface area contributed by atoms with E-state index >= 15 is 0 Å². The third-order valence-electron chi connectivity index (χ3n) is 7.06. The fourth-order valence-electron chi connectivity index (χ4n) is 5.10. The Balaban J connectivity index is 1.30. The average Bonchev–Trinajstić information content (AvgIpc) is 3.39. The third kappa shape index (κ3) is 6.09. The van der Waals surface area contributed by atoms with Crippen molar-refractivity contribution in [1.29, 1.82) is 0 Å². The van der Waals surface area contributed by atoms with Crippen molar-refractivity contribution in [2.45, 2.75) is 76.0 Å². The molecule has 5 rings (SSSR count). The van der Waals surface area contributed by atoms with Crippen molar-refractivity contribution in [2.75, 3.05) is 10.6 Å². The number of benzene rings is 2. The van der Waals surface area contributed by atoms with Crippen molar-refractivity contribution in [2.24, 2.45) is 0 Å². The quantitative estimate of drug-likeness (QED) is 0.344. The van der Waals surface area contributed by atoms with Gasteiger partial charge in [-0.2, -0.15) is 18.2 Å². The number of nitrogens with zero attached hydrogens (tertiary/aromatic N) is 2. The number of hydrogen-bond donors (Lipinski definition) is 2. The Bertz CT molecular complexity index is 1140. The summed E-state index contributed by atoms with van der Waals surface area (Å²) in [6.45, 7) is 0. The normalized spacial score (nSPS) is 17.2. The summed E-state index contributed by atoms with van der Waals surface area (Å²) >= 11 is 0. The molecule has 8 heteroatoms. The van der Waals surface area contributed by atoms with Gasteiger partial charge in [0.25, 0.3) is 0 Å². The lowest BCUT2D eigenvalue weighted by atomic mass is 9.84. The summed E-state index contributed by atoms with van der Waals surface area (Å²) in [5.41, 5.74) is 1.60. The number of aromatic nitrogens is 2. The summed E-state index contributed by atoms with van der Waals surface area (Å²) < 4.78 is 46.9. The van der Waals surface area contributed by atoms with E-state index in [1.807, 2.05) is 12.1 Å². The van der Waals surface area contributed by atoms with E-state index in [9.17, 15) is 13.2 Å². The van der Waals surface area contributed by atoms with Crippen LogP contribution in [0.25, 0.3) is 0 Å². The molecule has 0 spiro atoms. The highest BCUT2D eigenvalue weighted by Gasteiger charge is 2.35. The van der Waals surface area contributed by atoms with E-state index in [-0.39, 0.29) is 17.9 Å². The molecule has 0 aliphatic heterocycles. The smallest absolute Gasteiger partial charge is 0.421 e. The number of hydrogen-bond acceptors (Lipinski definition) is 5. The van der Waals surface area contributed by atoms with Crippen LogP contribution in [0.3, 0.4) is 0 Å². The summed E-state index contributed by atoms with van der Waals surface area (Å²) in [4.78, 5) is 8.09. The minimum absolute atomic E-state index is 0.0945. The molecule has 0 bridgehead atoms. The highest BCUT2D eigenvalue weighted by atomic mass is 19.4. The van der Waals surface area contributed by atoms with Gasteiger partial charge < -0.3 is 15.4 Å². The Morgan fingerprint density at radius 2 is 1.36 bits per heavy atom. The molecule has 2 aliphatic carbocycles. The molecule has 0 unspecified atom stereocenters. The van der Waals surface area contributed by atoms with E-state index in [1.54, 1.807) is 24.3 Å². The maximum Gasteiger partial charge on any atom is 0.421 e. The molecule has 2 aromatic carbocycles. The van der Waals surface area contributed by atoms with Crippen LogP contribution in [0.5, 0.6) is 5.75 Å². The lowest BCUT2D eigenvalue weighted by molar-refractivity contribution is -0.137. The second kappa shape index (κ2) is 10.8. The number of halogens is 3. The average molecular weight is 497 g/mol. The van der Waals surface area contributed by atoms with Gasteiger partial charge in [-0.15, -0.1) is 0 Å². The Morgan fingerprint density at radius 3 is 2.03 bits per heavy atom. The molecular weight excluding hydrogens is 465 g/mol. The zero-order valence-corrected chi connectivity index (χ0v) is 20.2. The summed E-state index contributed by atoms with van der Waals surface area (Å²) in [7, 11) is 0. The van der Waals surface area contributed by atoms with Gasteiger partial charge in [0, 0.05) is 17.6 Å². The Labute approximate surface area is 209 Å². The zero-order valence-electron chi connectivity index (χ0n) is 20.2. The van der Waals surface area contributed by atoms with Crippen molar-refractivity contribution >= 4 is 23.1 Å². The molecule has 2 fully saturated rings. The predicted molar refractivity (Wildman–Crippen MR) is 135 cm³/mol. The first-order valence-corrected chi connectivity index (χ1v) is 12.8. The number of ether oxygens (including phenoxy) is 1. The lowest BCUT2D eigenvalue weighted by Crippen LogP contribution is -2.13. The maximum atomic E-state index is 13.7. The first kappa shape index (κ1) is 24.4. The third-order valence-corrected chi connectivity index (χ3v) is 7.06. The van der Waals surface area contributed by atoms with Crippen molar-refractivity contribution in [3.05, 3.63) is 65.9 Å². The minimum Gasteiger partial charge on any atom is -0.490 e. The highest BCUT2D eigenvalue weighted by molar-refractivity contribution is 5.63. The Kier molecular flexibility index (Phi) is 7.30. The summed E-state index contributed by atoms with van der Waals surface area (Å²) in [5, 5.41) is 5.85. The fourth-order valence-corrected chi connectivity index (χ4v) is 5.10. The van der Waals surface area contributed by atoms with E-state index in [0.717, 1.165) is 24.7 Å². The zero-order chi connectivity index (χ0) is 25.0. The van der Waals surface area contributed by atoms with Crippen molar-refractivity contribution in [3.8, 4) is 5.75 Å². The molecule has 2 aliphatic rings. The van der Waals surface area contributed by atoms with Crippen LogP contribution in [0.2, 0.25) is 0 Å². The Hall–Kier alpha value is -3.29. The molecule has 190 valence electrons. The van der Waals surface area contributed by atoms with Gasteiger partial charge in [0.1, 0.15) is 17.1 Å². The van der Waals surface area contributed by atoms with E-state index < -0.39 is 11.7 Å². The lowest BCUT2D eigenvalue weighted by Gasteiger charge is -2.22. The van der Waals surface area contributed by atoms with Crippen LogP contribution < -0.4 is 15.4 Å². The van der Waals surface area contributed by atoms with Crippen molar-refractivity contribution in [1.82, 2.24) is 9.97 Å². The first-order valence-electron chi connectivity index (χ1n) is 12.8. The fraction of sp³-hybridized carbons (Fsp3) is 0.429. The second-order valence-electron chi connectivity index (χ2n) is 9.71. The molecular formula is C28H31F3N4O. The second-order valence-corrected chi connectivity index (χ2v) is 9.71. The molecule has 0 radical (unpaired) electrons. The topological polar surface area (TPSA) is 59.1 Å². The summed E-state index contributed by atoms with van der Waals surface area (Å²) in [5.74, 6) is 1.09. The van der Waals surface area contributed by atoms with Gasteiger partial charge in [-0.05, 0) is 86.4 Å². The number of alkyl halides is 3. The van der Waals surface area contributed by atoms with Crippen LogP contribution in [-0.4, -0.2) is 16.1 Å². The molecule has 1 heterocycles. The van der Waals surface area contributed by atoms with E-state index in [4.69, 9.17) is 4.74 Å². The number of nitrogens with one attached hydrogen (secondary N) is 2.